The fourth-order valence-electron chi connectivity index (χ4n) is 6.55. The molecule has 1 fully saturated rings. The van der Waals surface area contributed by atoms with Crippen LogP contribution < -0.4 is 20.4 Å². The number of hydrogen-bond acceptors (Lipinski definition) is 6. The quantitative estimate of drug-likeness (QED) is 0.175. The van der Waals surface area contributed by atoms with Gasteiger partial charge in [0.1, 0.15) is 17.3 Å². The molecule has 3 heterocycles. The number of aromatic nitrogens is 2. The van der Waals surface area contributed by atoms with Crippen molar-refractivity contribution < 1.29 is 31.5 Å². The largest absolute Gasteiger partial charge is 0.471 e. The van der Waals surface area contributed by atoms with E-state index in [1.165, 1.54) is 32.0 Å². The molecular weight excluding hydrogens is 657 g/mol. The van der Waals surface area contributed by atoms with Crippen LogP contribution in [0.1, 0.15) is 49.4 Å². The number of urea groups is 1. The van der Waals surface area contributed by atoms with Gasteiger partial charge in [0.05, 0.1) is 18.3 Å². The summed E-state index contributed by atoms with van der Waals surface area (Å²) in [7, 11) is 0. The van der Waals surface area contributed by atoms with Crippen LogP contribution in [0, 0.1) is 18.6 Å². The Morgan fingerprint density at radius 2 is 1.66 bits per heavy atom. The highest BCUT2D eigenvalue weighted by Gasteiger charge is 2.44. The lowest BCUT2D eigenvalue weighted by atomic mass is 9.98. The number of halogens is 5. The molecule has 1 aromatic heterocycles. The lowest BCUT2D eigenvalue weighted by Gasteiger charge is -2.32. The first kappa shape index (κ1) is 34.7. The average molecular weight is 694 g/mol. The topological polar surface area (TPSA) is 93.7 Å². The van der Waals surface area contributed by atoms with Crippen LogP contribution in [0.2, 0.25) is 0 Å². The number of aryl methyl sites for hydroxylation is 1. The Morgan fingerprint density at radius 3 is 2.30 bits per heavy atom. The minimum absolute atomic E-state index is 0.0279. The molecule has 2 aliphatic rings. The van der Waals surface area contributed by atoms with Crippen molar-refractivity contribution in [2.75, 3.05) is 34.8 Å². The van der Waals surface area contributed by atoms with Crippen molar-refractivity contribution in [1.29, 1.82) is 0 Å². The maximum atomic E-state index is 15.2. The van der Waals surface area contributed by atoms with Crippen LogP contribution in [0.15, 0.2) is 66.7 Å². The van der Waals surface area contributed by atoms with Gasteiger partial charge in [-0.05, 0) is 82.1 Å². The Morgan fingerprint density at radius 1 is 0.980 bits per heavy atom. The van der Waals surface area contributed by atoms with Gasteiger partial charge in [-0.2, -0.15) is 18.2 Å². The fraction of sp³-hybridized carbons (Fsp3) is 0.333. The summed E-state index contributed by atoms with van der Waals surface area (Å²) in [6.07, 6.45) is -3.04. The van der Waals surface area contributed by atoms with Crippen molar-refractivity contribution in [1.82, 2.24) is 20.2 Å². The molecule has 0 bridgehead atoms. The second-order valence-corrected chi connectivity index (χ2v) is 12.6. The molecule has 6 rings (SSSR count). The van der Waals surface area contributed by atoms with Crippen LogP contribution in [-0.4, -0.2) is 58.7 Å². The number of carbonyl (C=O) groups is 2. The second kappa shape index (κ2) is 14.0. The highest BCUT2D eigenvalue weighted by Crippen LogP contribution is 2.40. The lowest BCUT2D eigenvalue weighted by Crippen LogP contribution is -2.45. The molecular formula is C36H36F5N7O2. The zero-order valence-electron chi connectivity index (χ0n) is 27.7. The predicted molar refractivity (Wildman–Crippen MR) is 180 cm³/mol. The Balaban J connectivity index is 1.51. The third-order valence-electron chi connectivity index (χ3n) is 8.93. The van der Waals surface area contributed by atoms with Gasteiger partial charge in [-0.15, -0.1) is 0 Å². The Kier molecular flexibility index (Phi) is 9.74. The molecule has 0 radical (unpaired) electrons. The third kappa shape index (κ3) is 6.84. The van der Waals surface area contributed by atoms with Gasteiger partial charge in [-0.25, -0.2) is 23.5 Å². The summed E-state index contributed by atoms with van der Waals surface area (Å²) in [6, 6.07) is 15.7. The number of rotatable bonds is 9. The highest BCUT2D eigenvalue weighted by atomic mass is 19.4. The van der Waals surface area contributed by atoms with Crippen LogP contribution in [0.5, 0.6) is 0 Å². The Bertz CT molecular complexity index is 1880. The van der Waals surface area contributed by atoms with Crippen molar-refractivity contribution in [2.24, 2.45) is 0 Å². The molecule has 1 unspecified atom stereocenters. The van der Waals surface area contributed by atoms with Crippen molar-refractivity contribution in [2.45, 2.75) is 58.4 Å². The van der Waals surface area contributed by atoms with Crippen LogP contribution in [0.3, 0.4) is 0 Å². The summed E-state index contributed by atoms with van der Waals surface area (Å²) in [5, 5.41) is 5.91. The highest BCUT2D eigenvalue weighted by molar-refractivity contribution is 6.02. The zero-order valence-corrected chi connectivity index (χ0v) is 27.7. The van der Waals surface area contributed by atoms with Gasteiger partial charge in [0.25, 0.3) is 0 Å². The second-order valence-electron chi connectivity index (χ2n) is 12.6. The number of anilines is 4. The first-order valence-electron chi connectivity index (χ1n) is 16.3. The molecule has 0 aliphatic carbocycles. The third-order valence-corrected chi connectivity index (χ3v) is 8.93. The minimum atomic E-state index is -5.13. The standard InChI is InChI=1S/C36H36F5N7O2/c1-21(2)47(33(49)36(39,40)41)24-15-14-22(3)25(18-24)30-26-19-43-35(50)48(31-27(37)12-9-13-28(31)38)32(26)45-34(44-30)42-20-29(46-16-7-8-17-46)23-10-5-4-6-11-23/h4-6,9-15,18,21,29H,7-8,16-17,19-20H2,1-3H3,(H,43,50)(H,42,44,45). The Hall–Kier alpha value is -5.11. The summed E-state index contributed by atoms with van der Waals surface area (Å²) in [6.45, 7) is 6.62. The molecule has 262 valence electrons. The van der Waals surface area contributed by atoms with E-state index in [0.29, 0.717) is 22.6 Å². The summed E-state index contributed by atoms with van der Waals surface area (Å²) < 4.78 is 71.5. The number of likely N-dealkylation sites (tertiary alicyclic amines) is 1. The molecule has 2 N–H and O–H groups in total. The van der Waals surface area contributed by atoms with Gasteiger partial charge in [0.15, 0.2) is 5.82 Å². The fourth-order valence-corrected chi connectivity index (χ4v) is 6.55. The first-order valence-corrected chi connectivity index (χ1v) is 16.3. The average Bonchev–Trinajstić information content (AvgIpc) is 3.61. The number of para-hydroxylation sites is 1. The molecule has 0 saturated carbocycles. The molecule has 1 atom stereocenters. The minimum Gasteiger partial charge on any atom is -0.352 e. The number of carbonyl (C=O) groups excluding carboxylic acids is 2. The molecule has 50 heavy (non-hydrogen) atoms. The van der Waals surface area contributed by atoms with Crippen LogP contribution >= 0.6 is 0 Å². The summed E-state index contributed by atoms with van der Waals surface area (Å²) in [5.74, 6) is -4.10. The number of alkyl halides is 3. The van der Waals surface area contributed by atoms with Crippen molar-refractivity contribution >= 4 is 35.1 Å². The van der Waals surface area contributed by atoms with E-state index >= 15 is 8.78 Å². The van der Waals surface area contributed by atoms with E-state index in [2.05, 4.69) is 20.5 Å². The lowest BCUT2D eigenvalue weighted by molar-refractivity contribution is -0.170. The van der Waals surface area contributed by atoms with Gasteiger partial charge in [0, 0.05) is 29.4 Å². The number of amides is 3. The van der Waals surface area contributed by atoms with E-state index in [-0.39, 0.29) is 41.3 Å². The van der Waals surface area contributed by atoms with Crippen molar-refractivity contribution in [3.05, 3.63) is 95.1 Å². The number of benzene rings is 3. The molecule has 2 aliphatic heterocycles. The SMILES string of the molecule is Cc1ccc(N(C(=O)C(F)(F)F)C(C)C)cc1-c1nc(NCC(c2ccccc2)N2CCCC2)nc2c1CNC(=O)N2c1c(F)cccc1F. The number of nitrogens with zero attached hydrogens (tertiary/aromatic N) is 5. The molecule has 14 heteroatoms. The summed E-state index contributed by atoms with van der Waals surface area (Å²) >= 11 is 0. The van der Waals surface area contributed by atoms with E-state index in [0.717, 1.165) is 48.5 Å². The van der Waals surface area contributed by atoms with E-state index in [1.807, 2.05) is 30.3 Å². The van der Waals surface area contributed by atoms with Crippen LogP contribution in [0.25, 0.3) is 11.3 Å². The van der Waals surface area contributed by atoms with E-state index in [4.69, 9.17) is 4.98 Å². The van der Waals surface area contributed by atoms with Crippen molar-refractivity contribution in [3.63, 3.8) is 0 Å². The molecule has 3 amide bonds. The maximum absolute atomic E-state index is 15.2. The monoisotopic (exact) mass is 693 g/mol. The predicted octanol–water partition coefficient (Wildman–Crippen LogP) is 7.64. The zero-order chi connectivity index (χ0) is 35.7. The van der Waals surface area contributed by atoms with E-state index < -0.39 is 41.5 Å². The summed E-state index contributed by atoms with van der Waals surface area (Å²) in [4.78, 5) is 39.1. The van der Waals surface area contributed by atoms with E-state index in [9.17, 15) is 22.8 Å². The first-order chi connectivity index (χ1) is 23.8. The molecule has 3 aromatic carbocycles. The molecule has 0 spiro atoms. The molecule has 9 nitrogen and oxygen atoms in total. The normalized spacial score (nSPS) is 15.5. The van der Waals surface area contributed by atoms with Gasteiger partial charge < -0.3 is 15.5 Å². The van der Waals surface area contributed by atoms with Gasteiger partial charge in [-0.3, -0.25) is 9.69 Å². The van der Waals surface area contributed by atoms with Crippen LogP contribution in [-0.2, 0) is 11.3 Å². The number of fused-ring (bicyclic) bond motifs is 1. The summed E-state index contributed by atoms with van der Waals surface area (Å²) in [5.41, 5.74) is 1.79. The van der Waals surface area contributed by atoms with E-state index in [1.54, 1.807) is 13.0 Å². The van der Waals surface area contributed by atoms with Gasteiger partial charge in [0.2, 0.25) is 5.95 Å². The smallest absolute Gasteiger partial charge is 0.352 e. The number of nitrogens with one attached hydrogen (secondary N) is 2. The number of hydrogen-bond donors (Lipinski definition) is 2. The van der Waals surface area contributed by atoms with Crippen LogP contribution in [0.4, 0.5) is 49.9 Å². The molecule has 4 aromatic rings. The molecule has 1 saturated heterocycles. The van der Waals surface area contributed by atoms with Crippen molar-refractivity contribution in [3.8, 4) is 11.3 Å². The van der Waals surface area contributed by atoms with Gasteiger partial charge in [-0.1, -0.05) is 42.5 Å². The van der Waals surface area contributed by atoms with Gasteiger partial charge >= 0.3 is 18.1 Å². The maximum Gasteiger partial charge on any atom is 0.471 e. The Labute approximate surface area is 286 Å².